The Kier molecular flexibility index (Phi) is 4.20. The van der Waals surface area contributed by atoms with Crippen LogP contribution in [0.25, 0.3) is 0 Å². The Hall–Kier alpha value is -1.80. The van der Waals surface area contributed by atoms with Crippen molar-refractivity contribution in [2.45, 2.75) is 6.92 Å². The first-order valence-electron chi connectivity index (χ1n) is 2.94. The fourth-order valence-electron chi connectivity index (χ4n) is 0.488. The van der Waals surface area contributed by atoms with Crippen LogP contribution in [0.15, 0.2) is 23.3 Å². The van der Waals surface area contributed by atoms with Gasteiger partial charge in [0.2, 0.25) is 0 Å². The van der Waals surface area contributed by atoms with Gasteiger partial charge in [-0.2, -0.15) is 5.26 Å². The van der Waals surface area contributed by atoms with Crippen LogP contribution in [0.3, 0.4) is 0 Å². The van der Waals surface area contributed by atoms with Crippen LogP contribution < -0.4 is 0 Å². The van der Waals surface area contributed by atoms with Crippen LogP contribution in [0.4, 0.5) is 0 Å². The van der Waals surface area contributed by atoms with E-state index in [0.29, 0.717) is 17.4 Å². The third-order valence-corrected chi connectivity index (χ3v) is 0.946. The monoisotopic (exact) mass is 145 g/mol. The Labute approximate surface area is 65.8 Å². The summed E-state index contributed by atoms with van der Waals surface area (Å²) in [5, 5.41) is 8.33. The Morgan fingerprint density at radius 3 is 2.64 bits per heavy atom. The molecule has 0 unspecified atom stereocenters. The molecule has 0 aromatic heterocycles. The van der Waals surface area contributed by atoms with Gasteiger partial charge in [-0.05, 0) is 19.1 Å². The number of nitriles is 1. The van der Waals surface area contributed by atoms with E-state index < -0.39 is 0 Å². The molecule has 0 saturated carbocycles. The van der Waals surface area contributed by atoms with Gasteiger partial charge in [0.05, 0.1) is 6.07 Å². The predicted molar refractivity (Wildman–Crippen MR) is 42.4 cm³/mol. The first-order chi connectivity index (χ1) is 5.24. The minimum atomic E-state index is 0.339. The van der Waals surface area contributed by atoms with Crippen molar-refractivity contribution in [3.63, 3.8) is 0 Å². The van der Waals surface area contributed by atoms with Crippen LogP contribution in [0, 0.1) is 23.7 Å². The molecule has 2 nitrogen and oxygen atoms in total. The summed E-state index contributed by atoms with van der Waals surface area (Å²) in [5.74, 6) is 2.20. The molecule has 0 aromatic rings. The van der Waals surface area contributed by atoms with E-state index >= 15 is 0 Å². The zero-order valence-corrected chi connectivity index (χ0v) is 6.16. The van der Waals surface area contributed by atoms with Gasteiger partial charge in [0.1, 0.15) is 0 Å². The highest BCUT2D eigenvalue weighted by atomic mass is 16.1. The van der Waals surface area contributed by atoms with Gasteiger partial charge in [-0.25, -0.2) is 0 Å². The molecule has 0 heterocycles. The van der Waals surface area contributed by atoms with E-state index in [9.17, 15) is 4.79 Å². The van der Waals surface area contributed by atoms with E-state index in [1.165, 1.54) is 12.2 Å². The molecule has 0 rings (SSSR count). The van der Waals surface area contributed by atoms with Crippen molar-refractivity contribution in [3.05, 3.63) is 23.3 Å². The Morgan fingerprint density at radius 1 is 1.64 bits per heavy atom. The molecule has 0 fully saturated rings. The quantitative estimate of drug-likeness (QED) is 0.193. The lowest BCUT2D eigenvalue weighted by atomic mass is 10.2. The first kappa shape index (κ1) is 9.20. The van der Waals surface area contributed by atoms with Crippen LogP contribution in [-0.2, 0) is 4.79 Å². The molecule has 0 aliphatic carbocycles. The smallest absolute Gasteiger partial charge is 0.150 e. The van der Waals surface area contributed by atoms with Crippen molar-refractivity contribution in [3.8, 4) is 18.4 Å². The molecule has 0 atom stereocenters. The van der Waals surface area contributed by atoms with Gasteiger partial charge in [0.25, 0.3) is 0 Å². The summed E-state index contributed by atoms with van der Waals surface area (Å²) >= 11 is 0. The molecule has 0 aliphatic rings. The molecule has 0 bridgehead atoms. The standard InChI is InChI=1S/C9H7NO/c1-3-4-9(7-11)5-8(2)6-10/h1,4-5,7H,2H3/b8-5+,9-4+. The molecular weight excluding hydrogens is 138 g/mol. The van der Waals surface area contributed by atoms with Gasteiger partial charge in [0, 0.05) is 11.1 Å². The van der Waals surface area contributed by atoms with Crippen LogP contribution >= 0.6 is 0 Å². The highest BCUT2D eigenvalue weighted by molar-refractivity contribution is 5.79. The van der Waals surface area contributed by atoms with E-state index in [4.69, 9.17) is 11.7 Å². The zero-order valence-electron chi connectivity index (χ0n) is 6.16. The summed E-state index contributed by atoms with van der Waals surface area (Å²) in [6.07, 6.45) is 8.29. The SMILES string of the molecule is C#C/C=C(C=O)\C=C(/C)C#N. The summed E-state index contributed by atoms with van der Waals surface area (Å²) in [6, 6.07) is 1.88. The average molecular weight is 145 g/mol. The molecule has 0 saturated heterocycles. The highest BCUT2D eigenvalue weighted by Crippen LogP contribution is 1.97. The maximum atomic E-state index is 10.2. The van der Waals surface area contributed by atoms with Crippen molar-refractivity contribution in [1.29, 1.82) is 5.26 Å². The van der Waals surface area contributed by atoms with E-state index in [-0.39, 0.29) is 0 Å². The third-order valence-electron chi connectivity index (χ3n) is 0.946. The maximum Gasteiger partial charge on any atom is 0.150 e. The van der Waals surface area contributed by atoms with E-state index in [1.54, 1.807) is 6.92 Å². The molecule has 2 heteroatoms. The zero-order chi connectivity index (χ0) is 8.69. The normalized spacial score (nSPS) is 11.5. The van der Waals surface area contributed by atoms with Gasteiger partial charge in [-0.1, -0.05) is 5.92 Å². The third kappa shape index (κ3) is 3.72. The van der Waals surface area contributed by atoms with Gasteiger partial charge in [-0.15, -0.1) is 6.42 Å². The fraction of sp³-hybridized carbons (Fsp3) is 0.111. The number of carbonyl (C=O) groups excluding carboxylic acids is 1. The van der Waals surface area contributed by atoms with E-state index in [0.717, 1.165) is 0 Å². The minimum absolute atomic E-state index is 0.339. The van der Waals surface area contributed by atoms with Crippen molar-refractivity contribution in [2.75, 3.05) is 0 Å². The second kappa shape index (κ2) is 5.02. The maximum absolute atomic E-state index is 10.2. The summed E-state index contributed by atoms with van der Waals surface area (Å²) in [6.45, 7) is 1.61. The number of terminal acetylenes is 1. The van der Waals surface area contributed by atoms with Crippen LogP contribution in [0.1, 0.15) is 6.92 Å². The number of aldehydes is 1. The molecule has 11 heavy (non-hydrogen) atoms. The van der Waals surface area contributed by atoms with Crippen molar-refractivity contribution in [1.82, 2.24) is 0 Å². The second-order valence-electron chi connectivity index (χ2n) is 1.87. The fourth-order valence-corrected chi connectivity index (χ4v) is 0.488. The second-order valence-corrected chi connectivity index (χ2v) is 1.87. The summed E-state index contributed by atoms with van der Waals surface area (Å²) < 4.78 is 0. The number of hydrogen-bond donors (Lipinski definition) is 0. The lowest BCUT2D eigenvalue weighted by Gasteiger charge is -1.85. The lowest BCUT2D eigenvalue weighted by molar-refractivity contribution is -0.104. The molecule has 0 aliphatic heterocycles. The number of allylic oxidation sites excluding steroid dienone is 4. The van der Waals surface area contributed by atoms with Crippen LogP contribution in [0.5, 0.6) is 0 Å². The Balaban J connectivity index is 4.62. The molecule has 0 amide bonds. The van der Waals surface area contributed by atoms with Gasteiger partial charge in [-0.3, -0.25) is 4.79 Å². The van der Waals surface area contributed by atoms with Crippen molar-refractivity contribution < 1.29 is 4.79 Å². The number of rotatable bonds is 2. The predicted octanol–water partition coefficient (Wildman–Crippen LogP) is 1.21. The summed E-state index contributed by atoms with van der Waals surface area (Å²) in [4.78, 5) is 10.2. The lowest BCUT2D eigenvalue weighted by Crippen LogP contribution is -1.79. The number of hydrogen-bond acceptors (Lipinski definition) is 2. The van der Waals surface area contributed by atoms with Crippen molar-refractivity contribution >= 4 is 6.29 Å². The number of carbonyl (C=O) groups is 1. The first-order valence-corrected chi connectivity index (χ1v) is 2.94. The molecule has 54 valence electrons. The minimum Gasteiger partial charge on any atom is -0.298 e. The number of nitrogens with zero attached hydrogens (tertiary/aromatic N) is 1. The summed E-state index contributed by atoms with van der Waals surface area (Å²) in [5.41, 5.74) is 0.796. The van der Waals surface area contributed by atoms with Crippen LogP contribution in [-0.4, -0.2) is 6.29 Å². The molecule has 0 spiro atoms. The van der Waals surface area contributed by atoms with E-state index in [1.807, 2.05) is 6.07 Å². The Bertz CT molecular complexity index is 284. The largest absolute Gasteiger partial charge is 0.298 e. The summed E-state index contributed by atoms with van der Waals surface area (Å²) in [7, 11) is 0. The highest BCUT2D eigenvalue weighted by Gasteiger charge is 1.89. The topological polar surface area (TPSA) is 40.9 Å². The van der Waals surface area contributed by atoms with E-state index in [2.05, 4.69) is 5.92 Å². The molecule has 0 radical (unpaired) electrons. The van der Waals surface area contributed by atoms with Gasteiger partial charge in [0.15, 0.2) is 6.29 Å². The molecule has 0 N–H and O–H groups in total. The molecule has 0 aromatic carbocycles. The Morgan fingerprint density at radius 2 is 2.27 bits per heavy atom. The van der Waals surface area contributed by atoms with Gasteiger partial charge < -0.3 is 0 Å². The van der Waals surface area contributed by atoms with Crippen LogP contribution in [0.2, 0.25) is 0 Å². The molecular formula is C9H7NO. The van der Waals surface area contributed by atoms with Crippen molar-refractivity contribution in [2.24, 2.45) is 0 Å². The average Bonchev–Trinajstić information content (AvgIpc) is 2.03. The van der Waals surface area contributed by atoms with Gasteiger partial charge >= 0.3 is 0 Å².